The van der Waals surface area contributed by atoms with Gasteiger partial charge in [-0.25, -0.2) is 5.43 Å². The number of fused-ring (bicyclic) bond motifs is 6. The zero-order valence-corrected chi connectivity index (χ0v) is 22.0. The molecule has 0 unspecified atom stereocenters. The molecule has 0 bridgehead atoms. The first-order valence-electron chi connectivity index (χ1n) is 14.0. The van der Waals surface area contributed by atoms with Crippen LogP contribution >= 0.6 is 0 Å². The van der Waals surface area contributed by atoms with Crippen LogP contribution in [0.25, 0.3) is 10.9 Å². The molecule has 7 atom stereocenters. The first-order chi connectivity index (χ1) is 17.3. The van der Waals surface area contributed by atoms with Gasteiger partial charge in [-0.05, 0) is 98.5 Å². The molecule has 4 aliphatic carbocycles. The molecule has 5 nitrogen and oxygen atoms in total. The van der Waals surface area contributed by atoms with Gasteiger partial charge in [0.15, 0.2) is 0 Å². The van der Waals surface area contributed by atoms with Crippen molar-refractivity contribution in [2.75, 3.05) is 0 Å². The van der Waals surface area contributed by atoms with Gasteiger partial charge in [0, 0.05) is 28.7 Å². The highest BCUT2D eigenvalue weighted by molar-refractivity contribution is 5.90. The lowest BCUT2D eigenvalue weighted by molar-refractivity contribution is -0.120. The molecule has 192 valence electrons. The topological polar surface area (TPSA) is 77.5 Å². The Kier molecular flexibility index (Phi) is 5.90. The van der Waals surface area contributed by atoms with E-state index in [-0.39, 0.29) is 22.8 Å². The standard InChI is InChI=1S/C31H41N3O2/c1-19(33-34-29(36)16-20-18-32-28-7-5-4-6-23(20)28)25-10-11-26-24-9-8-21-17-22(35)12-14-30(21,2)27(24)13-15-31(25,26)3/h4-8,18,22,24-27,32,35H,9-17H2,1-3H3,(H,34,36)/b33-19-/t22-,24+,25-,26+,27+,30+,31-/m1/s1. The van der Waals surface area contributed by atoms with Crippen LogP contribution in [0, 0.1) is 34.5 Å². The second-order valence-corrected chi connectivity index (χ2v) is 12.7. The minimum atomic E-state index is -0.143. The van der Waals surface area contributed by atoms with Gasteiger partial charge in [0.2, 0.25) is 5.91 Å². The minimum Gasteiger partial charge on any atom is -0.393 e. The summed E-state index contributed by atoms with van der Waals surface area (Å²) in [5.74, 6) is 2.58. The van der Waals surface area contributed by atoms with Crippen LogP contribution in [0.2, 0.25) is 0 Å². The summed E-state index contributed by atoms with van der Waals surface area (Å²) in [7, 11) is 0. The number of rotatable bonds is 4. The van der Waals surface area contributed by atoms with Crippen molar-refractivity contribution in [3.63, 3.8) is 0 Å². The molecule has 3 saturated carbocycles. The Morgan fingerprint density at radius 1 is 1.14 bits per heavy atom. The second kappa shape index (κ2) is 8.86. The van der Waals surface area contributed by atoms with Gasteiger partial charge in [-0.1, -0.05) is 43.7 Å². The number of hydrazone groups is 1. The largest absolute Gasteiger partial charge is 0.393 e. The van der Waals surface area contributed by atoms with Crippen molar-refractivity contribution in [3.8, 4) is 0 Å². The van der Waals surface area contributed by atoms with Gasteiger partial charge in [-0.2, -0.15) is 5.10 Å². The number of aliphatic hydroxyl groups excluding tert-OH is 1. The molecule has 1 aromatic carbocycles. The lowest BCUT2D eigenvalue weighted by Crippen LogP contribution is -2.51. The molecule has 36 heavy (non-hydrogen) atoms. The first kappa shape index (κ1) is 24.0. The quantitative estimate of drug-likeness (QED) is 0.275. The van der Waals surface area contributed by atoms with E-state index in [9.17, 15) is 9.90 Å². The molecule has 0 saturated heterocycles. The number of para-hydroxylation sites is 1. The van der Waals surface area contributed by atoms with Crippen LogP contribution in [0.4, 0.5) is 0 Å². The molecule has 0 spiro atoms. The van der Waals surface area contributed by atoms with E-state index < -0.39 is 0 Å². The number of amides is 1. The van der Waals surface area contributed by atoms with Crippen LogP contribution in [0.3, 0.4) is 0 Å². The van der Waals surface area contributed by atoms with Gasteiger partial charge in [0.1, 0.15) is 0 Å². The minimum absolute atomic E-state index is 0.0557. The van der Waals surface area contributed by atoms with Crippen LogP contribution in [-0.4, -0.2) is 27.8 Å². The van der Waals surface area contributed by atoms with Crippen molar-refractivity contribution in [2.45, 2.75) is 84.7 Å². The number of hydrogen-bond donors (Lipinski definition) is 3. The molecular weight excluding hydrogens is 446 g/mol. The zero-order valence-electron chi connectivity index (χ0n) is 22.0. The molecule has 3 N–H and O–H groups in total. The zero-order chi connectivity index (χ0) is 25.1. The van der Waals surface area contributed by atoms with Crippen LogP contribution in [0.1, 0.15) is 77.7 Å². The van der Waals surface area contributed by atoms with E-state index in [1.165, 1.54) is 37.7 Å². The number of H-pyrrole nitrogens is 1. The van der Waals surface area contributed by atoms with Crippen LogP contribution in [0.15, 0.2) is 47.2 Å². The first-order valence-corrected chi connectivity index (χ1v) is 14.0. The smallest absolute Gasteiger partial charge is 0.244 e. The lowest BCUT2D eigenvalue weighted by atomic mass is 9.47. The summed E-state index contributed by atoms with van der Waals surface area (Å²) in [6.45, 7) is 7.12. The van der Waals surface area contributed by atoms with Crippen molar-refractivity contribution in [1.82, 2.24) is 10.4 Å². The number of aliphatic hydroxyl groups is 1. The highest BCUT2D eigenvalue weighted by atomic mass is 16.3. The molecule has 1 aromatic heterocycles. The van der Waals surface area contributed by atoms with E-state index in [2.05, 4.69) is 48.4 Å². The summed E-state index contributed by atoms with van der Waals surface area (Å²) < 4.78 is 0. The van der Waals surface area contributed by atoms with Gasteiger partial charge >= 0.3 is 0 Å². The van der Waals surface area contributed by atoms with E-state index in [1.54, 1.807) is 0 Å². The van der Waals surface area contributed by atoms with E-state index in [0.29, 0.717) is 12.3 Å². The summed E-state index contributed by atoms with van der Waals surface area (Å²) in [6, 6.07) is 8.10. The summed E-state index contributed by atoms with van der Waals surface area (Å²) in [4.78, 5) is 16.0. The molecule has 0 aliphatic heterocycles. The van der Waals surface area contributed by atoms with Crippen LogP contribution in [0.5, 0.6) is 0 Å². The lowest BCUT2D eigenvalue weighted by Gasteiger charge is -2.58. The number of hydrogen-bond acceptors (Lipinski definition) is 3. The Hall–Kier alpha value is -2.40. The number of nitrogens with zero attached hydrogens (tertiary/aromatic N) is 1. The monoisotopic (exact) mass is 487 g/mol. The van der Waals surface area contributed by atoms with E-state index in [0.717, 1.165) is 59.2 Å². The maximum absolute atomic E-state index is 12.8. The average Bonchev–Trinajstić information content (AvgIpc) is 3.44. The van der Waals surface area contributed by atoms with Crippen molar-refractivity contribution in [1.29, 1.82) is 0 Å². The molecule has 6 rings (SSSR count). The van der Waals surface area contributed by atoms with Gasteiger partial charge in [-0.3, -0.25) is 4.79 Å². The number of benzene rings is 1. The van der Waals surface area contributed by atoms with Crippen molar-refractivity contribution < 1.29 is 9.90 Å². The van der Waals surface area contributed by atoms with Crippen molar-refractivity contribution in [2.24, 2.45) is 39.6 Å². The maximum atomic E-state index is 12.8. The number of aromatic amines is 1. The predicted octanol–water partition coefficient (Wildman–Crippen LogP) is 6.14. The number of allylic oxidation sites excluding steroid dienone is 1. The number of nitrogens with one attached hydrogen (secondary N) is 2. The fourth-order valence-electron chi connectivity index (χ4n) is 9.05. The highest BCUT2D eigenvalue weighted by Gasteiger charge is 2.59. The average molecular weight is 488 g/mol. The third-order valence-corrected chi connectivity index (χ3v) is 11.0. The SMILES string of the molecule is C/C(=N/NC(=O)Cc1c[nH]c2ccccc12)[C@H]1CC[C@H]2[C@@H]3CC=C4C[C@H](O)CC[C@]4(C)[C@H]3CC[C@]12C. The van der Waals surface area contributed by atoms with E-state index in [1.807, 2.05) is 24.4 Å². The normalized spacial score (nSPS) is 38.2. The fourth-order valence-corrected chi connectivity index (χ4v) is 9.05. The summed E-state index contributed by atoms with van der Waals surface area (Å²) in [5.41, 5.74) is 8.11. The third kappa shape index (κ3) is 3.77. The molecule has 1 heterocycles. The van der Waals surface area contributed by atoms with Crippen LogP contribution < -0.4 is 5.43 Å². The Bertz CT molecular complexity index is 1230. The number of aromatic nitrogens is 1. The van der Waals surface area contributed by atoms with Crippen molar-refractivity contribution in [3.05, 3.63) is 47.7 Å². The Morgan fingerprint density at radius 2 is 1.97 bits per heavy atom. The van der Waals surface area contributed by atoms with Gasteiger partial charge in [0.05, 0.1) is 12.5 Å². The molecular formula is C31H41N3O2. The molecule has 3 fully saturated rings. The Labute approximate surface area is 214 Å². The summed E-state index contributed by atoms with van der Waals surface area (Å²) in [5, 5.41) is 16.0. The molecule has 2 aromatic rings. The van der Waals surface area contributed by atoms with Crippen molar-refractivity contribution >= 4 is 22.5 Å². The third-order valence-electron chi connectivity index (χ3n) is 11.0. The second-order valence-electron chi connectivity index (χ2n) is 12.7. The molecule has 4 aliphatic rings. The summed E-state index contributed by atoms with van der Waals surface area (Å²) >= 11 is 0. The van der Waals surface area contributed by atoms with Gasteiger partial charge in [0.25, 0.3) is 0 Å². The van der Waals surface area contributed by atoms with Gasteiger partial charge < -0.3 is 10.1 Å². The fraction of sp³-hybridized carbons (Fsp3) is 0.613. The van der Waals surface area contributed by atoms with Crippen LogP contribution in [-0.2, 0) is 11.2 Å². The molecule has 1 amide bonds. The van der Waals surface area contributed by atoms with E-state index in [4.69, 9.17) is 0 Å². The Balaban J connectivity index is 1.15. The van der Waals surface area contributed by atoms with E-state index >= 15 is 0 Å². The number of carbonyl (C=O) groups excluding carboxylic acids is 1. The van der Waals surface area contributed by atoms with Gasteiger partial charge in [-0.15, -0.1) is 0 Å². The molecule has 5 heteroatoms. The molecule has 0 radical (unpaired) electrons. The predicted molar refractivity (Wildman–Crippen MR) is 144 cm³/mol. The Morgan fingerprint density at radius 3 is 2.83 bits per heavy atom. The summed E-state index contributed by atoms with van der Waals surface area (Å²) in [6.07, 6.45) is 13.7. The highest BCUT2D eigenvalue weighted by Crippen LogP contribution is 2.66. The maximum Gasteiger partial charge on any atom is 0.244 e. The number of carbonyl (C=O) groups is 1.